The second-order valence-corrected chi connectivity index (χ2v) is 6.88. The summed E-state index contributed by atoms with van der Waals surface area (Å²) in [7, 11) is 0. The summed E-state index contributed by atoms with van der Waals surface area (Å²) in [4.78, 5) is 4.39. The molecule has 0 atom stereocenters. The number of rotatable bonds is 16. The van der Waals surface area contributed by atoms with Gasteiger partial charge in [-0.2, -0.15) is 0 Å². The highest BCUT2D eigenvalue weighted by molar-refractivity contribution is 5.95. The molecule has 1 aliphatic rings. The Kier molecular flexibility index (Phi) is 13.6. The zero-order chi connectivity index (χ0) is 15.7. The van der Waals surface area contributed by atoms with Crippen molar-refractivity contribution >= 4 is 5.84 Å². The summed E-state index contributed by atoms with van der Waals surface area (Å²) in [6, 6.07) is 0. The van der Waals surface area contributed by atoms with E-state index < -0.39 is 0 Å². The lowest BCUT2D eigenvalue weighted by atomic mass is 10.0. The lowest BCUT2D eigenvalue weighted by Gasteiger charge is -2.09. The van der Waals surface area contributed by atoms with Gasteiger partial charge >= 0.3 is 0 Å². The second-order valence-electron chi connectivity index (χ2n) is 6.88. The Morgan fingerprint density at radius 2 is 1.14 bits per heavy atom. The summed E-state index contributed by atoms with van der Waals surface area (Å²) in [5, 5.41) is 4.39. The maximum Gasteiger partial charge on any atom is -0.0362 e. The SMILES string of the molecule is CCCCCCCCCCCCCCCCCC1=NCC[N-]1. The van der Waals surface area contributed by atoms with Gasteiger partial charge < -0.3 is 10.3 Å². The minimum atomic E-state index is 0.939. The molecule has 0 aromatic heterocycles. The summed E-state index contributed by atoms with van der Waals surface area (Å²) in [5.74, 6) is 1.13. The van der Waals surface area contributed by atoms with Gasteiger partial charge in [0, 0.05) is 0 Å². The van der Waals surface area contributed by atoms with Gasteiger partial charge in [0.15, 0.2) is 0 Å². The van der Waals surface area contributed by atoms with Crippen LogP contribution >= 0.6 is 0 Å². The van der Waals surface area contributed by atoms with E-state index in [-0.39, 0.29) is 0 Å². The van der Waals surface area contributed by atoms with Crippen LogP contribution in [0.15, 0.2) is 4.99 Å². The molecule has 0 spiro atoms. The normalized spacial score (nSPS) is 14.1. The third-order valence-electron chi connectivity index (χ3n) is 4.69. The van der Waals surface area contributed by atoms with Gasteiger partial charge in [0.25, 0.3) is 0 Å². The predicted octanol–water partition coefficient (Wildman–Crippen LogP) is 7.03. The van der Waals surface area contributed by atoms with Crippen LogP contribution in [0, 0.1) is 0 Å². The van der Waals surface area contributed by atoms with E-state index in [0.29, 0.717) is 0 Å². The Labute approximate surface area is 139 Å². The third kappa shape index (κ3) is 12.1. The molecule has 130 valence electrons. The number of unbranched alkanes of at least 4 members (excludes halogenated alkanes) is 14. The van der Waals surface area contributed by atoms with Crippen molar-refractivity contribution in [1.29, 1.82) is 0 Å². The van der Waals surface area contributed by atoms with Crippen molar-refractivity contribution in [3.8, 4) is 0 Å². The zero-order valence-electron chi connectivity index (χ0n) is 15.1. The van der Waals surface area contributed by atoms with Crippen LogP contribution in [0.4, 0.5) is 0 Å². The fourth-order valence-electron chi connectivity index (χ4n) is 3.22. The Hall–Kier alpha value is -0.530. The van der Waals surface area contributed by atoms with Gasteiger partial charge in [0.05, 0.1) is 0 Å². The summed E-state index contributed by atoms with van der Waals surface area (Å²) >= 11 is 0. The van der Waals surface area contributed by atoms with Gasteiger partial charge in [0.2, 0.25) is 0 Å². The second kappa shape index (κ2) is 15.4. The first kappa shape index (κ1) is 19.5. The monoisotopic (exact) mass is 307 g/mol. The molecule has 0 saturated heterocycles. The number of hydrogen-bond donors (Lipinski definition) is 0. The average Bonchev–Trinajstić information content (AvgIpc) is 3.04. The maximum atomic E-state index is 4.39. The molecule has 0 aliphatic carbocycles. The van der Waals surface area contributed by atoms with E-state index in [0.717, 1.165) is 25.3 Å². The van der Waals surface area contributed by atoms with Crippen LogP contribution in [0.1, 0.15) is 110 Å². The molecule has 0 radical (unpaired) electrons. The molecule has 0 fully saturated rings. The van der Waals surface area contributed by atoms with Crippen molar-refractivity contribution in [3.05, 3.63) is 5.32 Å². The van der Waals surface area contributed by atoms with Crippen LogP contribution in [0.2, 0.25) is 0 Å². The average molecular weight is 308 g/mol. The van der Waals surface area contributed by atoms with E-state index in [4.69, 9.17) is 0 Å². The molecular formula is C20H39N2-. The van der Waals surface area contributed by atoms with Crippen molar-refractivity contribution in [2.45, 2.75) is 110 Å². The molecule has 0 aromatic rings. The molecule has 0 aromatic carbocycles. The fourth-order valence-corrected chi connectivity index (χ4v) is 3.22. The lowest BCUT2D eigenvalue weighted by Crippen LogP contribution is -1.92. The van der Waals surface area contributed by atoms with Gasteiger partial charge in [-0.25, -0.2) is 0 Å². The van der Waals surface area contributed by atoms with Crippen LogP contribution in [-0.2, 0) is 0 Å². The summed E-state index contributed by atoms with van der Waals surface area (Å²) in [6.45, 7) is 4.17. The number of hydrogen-bond acceptors (Lipinski definition) is 1. The quantitative estimate of drug-likeness (QED) is 0.273. The van der Waals surface area contributed by atoms with Gasteiger partial charge in [0.1, 0.15) is 0 Å². The Balaban J connectivity index is 1.66. The molecule has 0 N–H and O–H groups in total. The lowest BCUT2D eigenvalue weighted by molar-refractivity contribution is 0.533. The molecule has 2 heteroatoms. The molecule has 1 rings (SSSR count). The van der Waals surface area contributed by atoms with Crippen LogP contribution < -0.4 is 0 Å². The van der Waals surface area contributed by atoms with E-state index >= 15 is 0 Å². The van der Waals surface area contributed by atoms with Crippen molar-refractivity contribution in [1.82, 2.24) is 0 Å². The topological polar surface area (TPSA) is 26.5 Å². The van der Waals surface area contributed by atoms with Crippen molar-refractivity contribution < 1.29 is 0 Å². The maximum absolute atomic E-state index is 4.39. The van der Waals surface area contributed by atoms with E-state index in [9.17, 15) is 0 Å². The van der Waals surface area contributed by atoms with Crippen LogP contribution in [0.3, 0.4) is 0 Å². The molecule has 2 nitrogen and oxygen atoms in total. The molecule has 0 saturated carbocycles. The van der Waals surface area contributed by atoms with E-state index in [1.54, 1.807) is 0 Å². The molecule has 0 amide bonds. The van der Waals surface area contributed by atoms with E-state index in [2.05, 4.69) is 17.2 Å². The zero-order valence-corrected chi connectivity index (χ0v) is 15.1. The third-order valence-corrected chi connectivity index (χ3v) is 4.69. The predicted molar refractivity (Wildman–Crippen MR) is 100 cm³/mol. The molecule has 1 aliphatic heterocycles. The van der Waals surface area contributed by atoms with Crippen LogP contribution in [-0.4, -0.2) is 18.9 Å². The van der Waals surface area contributed by atoms with Gasteiger partial charge in [-0.05, 0) is 12.8 Å². The smallest absolute Gasteiger partial charge is 0.0362 e. The van der Waals surface area contributed by atoms with Gasteiger partial charge in [-0.3, -0.25) is 0 Å². The molecule has 0 bridgehead atoms. The number of amidine groups is 1. The van der Waals surface area contributed by atoms with Crippen molar-refractivity contribution in [2.24, 2.45) is 4.99 Å². The Morgan fingerprint density at radius 3 is 1.55 bits per heavy atom. The Bertz CT molecular complexity index is 260. The van der Waals surface area contributed by atoms with E-state index in [1.165, 1.54) is 96.3 Å². The standard InChI is InChI=1S/C20H39N2/c1-2-3-4-5-6-7-8-9-10-11-12-13-14-15-16-17-20-21-18-19-22-20/h2-19H2,1H3/q-1. The van der Waals surface area contributed by atoms with Crippen LogP contribution in [0.5, 0.6) is 0 Å². The minimum absolute atomic E-state index is 0.939. The highest BCUT2D eigenvalue weighted by Gasteiger charge is 1.96. The largest absolute Gasteiger partial charge is 0.469 e. The van der Waals surface area contributed by atoms with Crippen molar-refractivity contribution in [2.75, 3.05) is 13.1 Å². The highest BCUT2D eigenvalue weighted by Crippen LogP contribution is 2.15. The van der Waals surface area contributed by atoms with Gasteiger partial charge in [-0.15, -0.1) is 0 Å². The number of aliphatic imine (C=N–C) groups is 1. The first-order valence-corrected chi connectivity index (χ1v) is 10.1. The highest BCUT2D eigenvalue weighted by atomic mass is 15.1. The summed E-state index contributed by atoms with van der Waals surface area (Å²) in [5.41, 5.74) is 0. The summed E-state index contributed by atoms with van der Waals surface area (Å²) in [6.07, 6.45) is 22.6. The summed E-state index contributed by atoms with van der Waals surface area (Å²) < 4.78 is 0. The van der Waals surface area contributed by atoms with E-state index in [1.807, 2.05) is 0 Å². The first-order chi connectivity index (χ1) is 10.9. The molecular weight excluding hydrogens is 268 g/mol. The van der Waals surface area contributed by atoms with Gasteiger partial charge in [-0.1, -0.05) is 116 Å². The molecule has 1 heterocycles. The molecule has 22 heavy (non-hydrogen) atoms. The minimum Gasteiger partial charge on any atom is -0.469 e. The Morgan fingerprint density at radius 1 is 0.682 bits per heavy atom. The fraction of sp³-hybridized carbons (Fsp3) is 0.950. The molecule has 0 unspecified atom stereocenters. The first-order valence-electron chi connectivity index (χ1n) is 10.1. The number of nitrogens with zero attached hydrogens (tertiary/aromatic N) is 2. The van der Waals surface area contributed by atoms with Crippen LogP contribution in [0.25, 0.3) is 5.32 Å². The van der Waals surface area contributed by atoms with Crippen molar-refractivity contribution in [3.63, 3.8) is 0 Å².